The van der Waals surface area contributed by atoms with Gasteiger partial charge in [-0.1, -0.05) is 36.4 Å². The third kappa shape index (κ3) is 2.92. The molecular formula is C11H7MgNO4. The Morgan fingerprint density at radius 2 is 1.76 bits per heavy atom. The van der Waals surface area contributed by atoms with Crippen molar-refractivity contribution in [2.75, 3.05) is 0 Å². The molecule has 17 heavy (non-hydrogen) atoms. The van der Waals surface area contributed by atoms with Gasteiger partial charge in [0.1, 0.15) is 0 Å². The van der Waals surface area contributed by atoms with Crippen LogP contribution in [0, 0.1) is 10.1 Å². The minimum atomic E-state index is -1.11. The van der Waals surface area contributed by atoms with Crippen LogP contribution in [0.3, 0.4) is 0 Å². The Morgan fingerprint density at radius 3 is 2.47 bits per heavy atom. The molecular weight excluding hydrogens is 234 g/mol. The number of carbonyl (C=O) groups excluding carboxylic acids is 1. The summed E-state index contributed by atoms with van der Waals surface area (Å²) in [6.07, 6.45) is 0. The second kappa shape index (κ2) is 5.60. The molecule has 0 fully saturated rings. The molecule has 0 heterocycles. The molecule has 0 aliphatic rings. The van der Waals surface area contributed by atoms with Gasteiger partial charge in [-0.05, 0) is 16.8 Å². The van der Waals surface area contributed by atoms with E-state index in [-0.39, 0.29) is 28.6 Å². The van der Waals surface area contributed by atoms with E-state index in [0.717, 1.165) is 5.39 Å². The summed E-state index contributed by atoms with van der Waals surface area (Å²) in [5.41, 5.74) is 0.190. The molecule has 5 nitrogen and oxygen atoms in total. The van der Waals surface area contributed by atoms with Crippen LogP contribution < -0.4 is 0 Å². The van der Waals surface area contributed by atoms with Crippen LogP contribution in [-0.2, 0) is 4.84 Å². The second-order valence-electron chi connectivity index (χ2n) is 3.13. The van der Waals surface area contributed by atoms with Crippen LogP contribution in [-0.4, -0.2) is 34.1 Å². The van der Waals surface area contributed by atoms with E-state index in [1.165, 1.54) is 6.07 Å². The molecule has 82 valence electrons. The Labute approximate surface area is 113 Å². The van der Waals surface area contributed by atoms with Crippen molar-refractivity contribution in [2.24, 2.45) is 0 Å². The van der Waals surface area contributed by atoms with E-state index in [2.05, 4.69) is 4.84 Å². The van der Waals surface area contributed by atoms with Crippen molar-refractivity contribution >= 4 is 39.8 Å². The van der Waals surface area contributed by atoms with Gasteiger partial charge in [0.15, 0.2) is 0 Å². The van der Waals surface area contributed by atoms with Crippen LogP contribution in [0.15, 0.2) is 42.5 Å². The lowest BCUT2D eigenvalue weighted by atomic mass is 10.1. The maximum Gasteiger partial charge on any atom is 0.335 e. The fourth-order valence-corrected chi connectivity index (χ4v) is 1.52. The SMILES string of the molecule is O=C(O[N+](=O)[O-])c1cccc2ccccc12.[Mg]. The topological polar surface area (TPSA) is 69.4 Å². The Hall–Kier alpha value is -1.66. The molecule has 0 atom stereocenters. The van der Waals surface area contributed by atoms with E-state index in [9.17, 15) is 14.9 Å². The molecule has 2 aromatic rings. The van der Waals surface area contributed by atoms with Gasteiger partial charge in [-0.25, -0.2) is 4.84 Å². The molecule has 0 bridgehead atoms. The highest BCUT2D eigenvalue weighted by molar-refractivity contribution is 6.04. The van der Waals surface area contributed by atoms with Crippen molar-refractivity contribution in [3.05, 3.63) is 58.1 Å². The summed E-state index contributed by atoms with van der Waals surface area (Å²) in [5.74, 6) is -0.957. The molecule has 0 aliphatic carbocycles. The Bertz CT molecular complexity index is 565. The molecule has 0 spiro atoms. The van der Waals surface area contributed by atoms with Crippen molar-refractivity contribution in [1.82, 2.24) is 0 Å². The molecule has 0 N–H and O–H groups in total. The van der Waals surface area contributed by atoms with Crippen molar-refractivity contribution in [3.8, 4) is 0 Å². The van der Waals surface area contributed by atoms with Crippen molar-refractivity contribution in [1.29, 1.82) is 0 Å². The standard InChI is InChI=1S/C11H7NO4.Mg/c13-11(16-12(14)15)10-7-3-5-8-4-1-2-6-9(8)10;/h1-7H;. The third-order valence-corrected chi connectivity index (χ3v) is 2.17. The van der Waals surface area contributed by atoms with Crippen molar-refractivity contribution in [3.63, 3.8) is 0 Å². The first kappa shape index (κ1) is 13.4. The number of nitrogens with zero attached hydrogens (tertiary/aromatic N) is 1. The molecule has 2 rings (SSSR count). The summed E-state index contributed by atoms with van der Waals surface area (Å²) in [6, 6.07) is 12.1. The number of rotatable bonds is 2. The fraction of sp³-hybridized carbons (Fsp3) is 0. The van der Waals surface area contributed by atoms with E-state index in [0.29, 0.717) is 5.39 Å². The average Bonchev–Trinajstić information content (AvgIpc) is 2.27. The molecule has 0 unspecified atom stereocenters. The first-order chi connectivity index (χ1) is 7.68. The Kier molecular flexibility index (Phi) is 4.42. The monoisotopic (exact) mass is 241 g/mol. The van der Waals surface area contributed by atoms with E-state index in [4.69, 9.17) is 0 Å². The number of hydrogen-bond acceptors (Lipinski definition) is 4. The maximum absolute atomic E-state index is 11.4. The van der Waals surface area contributed by atoms with Gasteiger partial charge in [0, 0.05) is 23.1 Å². The molecule has 2 aromatic carbocycles. The lowest BCUT2D eigenvalue weighted by Crippen LogP contribution is -2.10. The van der Waals surface area contributed by atoms with Gasteiger partial charge in [-0.15, -0.1) is 10.1 Å². The predicted molar refractivity (Wildman–Crippen MR) is 62.1 cm³/mol. The zero-order valence-corrected chi connectivity index (χ0v) is 10.2. The zero-order valence-electron chi connectivity index (χ0n) is 8.83. The van der Waals surface area contributed by atoms with Gasteiger partial charge in [0.25, 0.3) is 0 Å². The number of fused-ring (bicyclic) bond motifs is 1. The largest absolute Gasteiger partial charge is 0.335 e. The summed E-state index contributed by atoms with van der Waals surface area (Å²) < 4.78 is 0. The molecule has 0 saturated heterocycles. The van der Waals surface area contributed by atoms with Gasteiger partial charge in [0.2, 0.25) is 0 Å². The molecule has 0 aliphatic heterocycles. The number of benzene rings is 2. The first-order valence-corrected chi connectivity index (χ1v) is 4.53. The van der Waals surface area contributed by atoms with Crippen LogP contribution in [0.2, 0.25) is 0 Å². The molecule has 0 amide bonds. The summed E-state index contributed by atoms with van der Waals surface area (Å²) >= 11 is 0. The van der Waals surface area contributed by atoms with Crippen LogP contribution >= 0.6 is 0 Å². The van der Waals surface area contributed by atoms with E-state index in [1.54, 1.807) is 18.2 Å². The first-order valence-electron chi connectivity index (χ1n) is 4.53. The third-order valence-electron chi connectivity index (χ3n) is 2.17. The smallest absolute Gasteiger partial charge is 0.263 e. The number of hydrogen-bond donors (Lipinski definition) is 0. The van der Waals surface area contributed by atoms with Gasteiger partial charge in [-0.2, -0.15) is 0 Å². The summed E-state index contributed by atoms with van der Waals surface area (Å²) in [6.45, 7) is 0. The van der Waals surface area contributed by atoms with Crippen LogP contribution in [0.1, 0.15) is 10.4 Å². The Morgan fingerprint density at radius 1 is 1.12 bits per heavy atom. The zero-order chi connectivity index (χ0) is 11.5. The van der Waals surface area contributed by atoms with Crippen LogP contribution in [0.5, 0.6) is 0 Å². The summed E-state index contributed by atoms with van der Waals surface area (Å²) in [5, 5.41) is 10.4. The van der Waals surface area contributed by atoms with E-state index in [1.807, 2.05) is 18.2 Å². The van der Waals surface area contributed by atoms with Gasteiger partial charge in [-0.3, -0.25) is 4.79 Å². The highest BCUT2D eigenvalue weighted by Gasteiger charge is 2.13. The highest BCUT2D eigenvalue weighted by atomic mass is 24.3. The van der Waals surface area contributed by atoms with E-state index < -0.39 is 11.1 Å². The highest BCUT2D eigenvalue weighted by Crippen LogP contribution is 2.19. The molecule has 0 saturated carbocycles. The normalized spacial score (nSPS) is 9.41. The van der Waals surface area contributed by atoms with Gasteiger partial charge < -0.3 is 0 Å². The lowest BCUT2D eigenvalue weighted by molar-refractivity contribution is -0.727. The molecule has 6 heteroatoms. The van der Waals surface area contributed by atoms with Crippen LogP contribution in [0.25, 0.3) is 10.8 Å². The van der Waals surface area contributed by atoms with Crippen molar-refractivity contribution < 1.29 is 14.7 Å². The summed E-state index contributed by atoms with van der Waals surface area (Å²) in [7, 11) is 0. The van der Waals surface area contributed by atoms with E-state index >= 15 is 0 Å². The maximum atomic E-state index is 11.4. The van der Waals surface area contributed by atoms with Crippen LogP contribution in [0.4, 0.5) is 0 Å². The lowest BCUT2D eigenvalue weighted by Gasteiger charge is -2.03. The second-order valence-corrected chi connectivity index (χ2v) is 3.13. The molecule has 0 aromatic heterocycles. The predicted octanol–water partition coefficient (Wildman–Crippen LogP) is 1.81. The Balaban J connectivity index is 0.00000144. The van der Waals surface area contributed by atoms with Gasteiger partial charge in [0.05, 0.1) is 5.56 Å². The average molecular weight is 241 g/mol. The minimum absolute atomic E-state index is 0. The van der Waals surface area contributed by atoms with Crippen molar-refractivity contribution in [2.45, 2.75) is 0 Å². The summed E-state index contributed by atoms with van der Waals surface area (Å²) in [4.78, 5) is 25.4. The van der Waals surface area contributed by atoms with Gasteiger partial charge >= 0.3 is 11.1 Å². The molecule has 2 radical (unpaired) electrons. The fourth-order valence-electron chi connectivity index (χ4n) is 1.52. The quantitative estimate of drug-likeness (QED) is 0.457. The number of carbonyl (C=O) groups is 1. The minimum Gasteiger partial charge on any atom is -0.263 e.